The van der Waals surface area contributed by atoms with Gasteiger partial charge in [-0.25, -0.2) is 9.59 Å². The Morgan fingerprint density at radius 3 is 2.59 bits per heavy atom. The van der Waals surface area contributed by atoms with E-state index in [2.05, 4.69) is 5.32 Å². The molecule has 0 bridgehead atoms. The van der Waals surface area contributed by atoms with Crippen molar-refractivity contribution in [3.8, 4) is 0 Å². The third-order valence-electron chi connectivity index (χ3n) is 3.55. The van der Waals surface area contributed by atoms with Crippen LogP contribution < -0.4 is 5.32 Å². The smallest absolute Gasteiger partial charge is 0.411 e. The number of ether oxygens (including phenoxy) is 1. The van der Waals surface area contributed by atoms with Gasteiger partial charge in [-0.2, -0.15) is 0 Å². The molecule has 0 fully saturated rings. The molecule has 0 saturated carbocycles. The molecular formula is C16H22N2O4. The third kappa shape index (κ3) is 3.16. The molecule has 6 heteroatoms. The van der Waals surface area contributed by atoms with Gasteiger partial charge < -0.3 is 15.2 Å². The van der Waals surface area contributed by atoms with Crippen LogP contribution in [0.2, 0.25) is 0 Å². The zero-order valence-electron chi connectivity index (χ0n) is 13.3. The van der Waals surface area contributed by atoms with E-state index < -0.39 is 23.7 Å². The fourth-order valence-corrected chi connectivity index (χ4v) is 2.69. The van der Waals surface area contributed by atoms with Crippen molar-refractivity contribution in [1.29, 1.82) is 0 Å². The maximum atomic E-state index is 12.3. The van der Waals surface area contributed by atoms with Gasteiger partial charge in [0.25, 0.3) is 0 Å². The molecule has 1 aliphatic heterocycles. The summed E-state index contributed by atoms with van der Waals surface area (Å²) in [5.74, 6) is -1.06. The molecule has 1 atom stereocenters. The van der Waals surface area contributed by atoms with Gasteiger partial charge in [-0.15, -0.1) is 0 Å². The van der Waals surface area contributed by atoms with Crippen molar-refractivity contribution >= 4 is 17.7 Å². The fraction of sp³-hybridized carbons (Fsp3) is 0.500. The number of carboxylic acids is 1. The SMILES string of the molecule is CNc1cccc2c1CCN(C(=O)OC(C)(C)C)C2C(=O)O. The van der Waals surface area contributed by atoms with E-state index in [1.54, 1.807) is 40.0 Å². The fourth-order valence-electron chi connectivity index (χ4n) is 2.69. The Kier molecular flexibility index (Phi) is 4.30. The van der Waals surface area contributed by atoms with E-state index in [1.807, 2.05) is 6.07 Å². The second-order valence-corrected chi connectivity index (χ2v) is 6.29. The van der Waals surface area contributed by atoms with Crippen molar-refractivity contribution in [3.63, 3.8) is 0 Å². The van der Waals surface area contributed by atoms with Crippen LogP contribution in [-0.2, 0) is 16.0 Å². The third-order valence-corrected chi connectivity index (χ3v) is 3.55. The van der Waals surface area contributed by atoms with Crippen LogP contribution in [0.4, 0.5) is 10.5 Å². The van der Waals surface area contributed by atoms with Crippen LogP contribution in [0.15, 0.2) is 18.2 Å². The predicted molar refractivity (Wildman–Crippen MR) is 83.0 cm³/mol. The second kappa shape index (κ2) is 5.87. The number of anilines is 1. The van der Waals surface area contributed by atoms with E-state index in [0.717, 1.165) is 11.3 Å². The number of fused-ring (bicyclic) bond motifs is 1. The largest absolute Gasteiger partial charge is 0.479 e. The average molecular weight is 306 g/mol. The Hall–Kier alpha value is -2.24. The molecular weight excluding hydrogens is 284 g/mol. The van der Waals surface area contributed by atoms with Gasteiger partial charge in [-0.05, 0) is 44.4 Å². The Bertz CT molecular complexity index is 592. The lowest BCUT2D eigenvalue weighted by atomic mass is 9.91. The summed E-state index contributed by atoms with van der Waals surface area (Å²) in [4.78, 5) is 25.3. The minimum atomic E-state index is -1.06. The summed E-state index contributed by atoms with van der Waals surface area (Å²) in [6, 6.07) is 4.43. The number of rotatable bonds is 2. The molecule has 22 heavy (non-hydrogen) atoms. The Morgan fingerprint density at radius 1 is 1.36 bits per heavy atom. The molecule has 1 aromatic rings. The van der Waals surface area contributed by atoms with Crippen LogP contribution in [-0.4, -0.2) is 41.3 Å². The van der Waals surface area contributed by atoms with Gasteiger partial charge in [-0.1, -0.05) is 12.1 Å². The summed E-state index contributed by atoms with van der Waals surface area (Å²) < 4.78 is 5.34. The predicted octanol–water partition coefficient (Wildman–Crippen LogP) is 2.65. The van der Waals surface area contributed by atoms with Gasteiger partial charge in [0.15, 0.2) is 6.04 Å². The number of nitrogens with one attached hydrogen (secondary N) is 1. The van der Waals surface area contributed by atoms with Gasteiger partial charge in [-0.3, -0.25) is 4.90 Å². The number of hydrogen-bond donors (Lipinski definition) is 2. The van der Waals surface area contributed by atoms with Crippen molar-refractivity contribution in [2.75, 3.05) is 18.9 Å². The van der Waals surface area contributed by atoms with E-state index in [4.69, 9.17) is 4.74 Å². The van der Waals surface area contributed by atoms with Crippen LogP contribution in [0, 0.1) is 0 Å². The monoisotopic (exact) mass is 306 g/mol. The first-order valence-corrected chi connectivity index (χ1v) is 7.26. The molecule has 0 aromatic heterocycles. The number of nitrogens with zero attached hydrogens (tertiary/aromatic N) is 1. The van der Waals surface area contributed by atoms with Gasteiger partial charge >= 0.3 is 12.1 Å². The van der Waals surface area contributed by atoms with Gasteiger partial charge in [0.2, 0.25) is 0 Å². The van der Waals surface area contributed by atoms with Crippen LogP contribution in [0.1, 0.15) is 37.9 Å². The summed E-state index contributed by atoms with van der Waals surface area (Å²) >= 11 is 0. The van der Waals surface area contributed by atoms with Crippen molar-refractivity contribution in [3.05, 3.63) is 29.3 Å². The van der Waals surface area contributed by atoms with Crippen LogP contribution in [0.3, 0.4) is 0 Å². The Balaban J connectivity index is 2.39. The Labute approximate surface area is 130 Å². The molecule has 0 spiro atoms. The molecule has 2 N–H and O–H groups in total. The van der Waals surface area contributed by atoms with Crippen molar-refractivity contribution < 1.29 is 19.4 Å². The molecule has 1 unspecified atom stereocenters. The highest BCUT2D eigenvalue weighted by molar-refractivity contribution is 5.83. The molecule has 0 radical (unpaired) electrons. The lowest BCUT2D eigenvalue weighted by molar-refractivity contribution is -0.143. The highest BCUT2D eigenvalue weighted by Gasteiger charge is 2.38. The summed E-state index contributed by atoms with van der Waals surface area (Å²) in [7, 11) is 1.80. The van der Waals surface area contributed by atoms with E-state index in [0.29, 0.717) is 18.5 Å². The van der Waals surface area contributed by atoms with Crippen LogP contribution >= 0.6 is 0 Å². The zero-order valence-corrected chi connectivity index (χ0v) is 13.3. The lowest BCUT2D eigenvalue weighted by Gasteiger charge is -2.36. The van der Waals surface area contributed by atoms with Crippen molar-refractivity contribution in [1.82, 2.24) is 4.90 Å². The van der Waals surface area contributed by atoms with Crippen LogP contribution in [0.5, 0.6) is 0 Å². The minimum Gasteiger partial charge on any atom is -0.479 e. The number of carbonyl (C=O) groups excluding carboxylic acids is 1. The van der Waals surface area contributed by atoms with E-state index >= 15 is 0 Å². The number of benzene rings is 1. The van der Waals surface area contributed by atoms with Crippen molar-refractivity contribution in [2.45, 2.75) is 38.8 Å². The minimum absolute atomic E-state index is 0.317. The highest BCUT2D eigenvalue weighted by Crippen LogP contribution is 2.34. The summed E-state index contributed by atoms with van der Waals surface area (Å²) in [5, 5.41) is 12.7. The molecule has 1 heterocycles. The van der Waals surface area contributed by atoms with Gasteiger partial charge in [0.05, 0.1) is 0 Å². The van der Waals surface area contributed by atoms with E-state index in [1.165, 1.54) is 4.90 Å². The van der Waals surface area contributed by atoms with Gasteiger partial charge in [0.1, 0.15) is 5.60 Å². The maximum absolute atomic E-state index is 12.3. The molecule has 1 amide bonds. The molecule has 0 saturated heterocycles. The first-order valence-electron chi connectivity index (χ1n) is 7.26. The topological polar surface area (TPSA) is 78.9 Å². The standard InChI is InChI=1S/C16H22N2O4/c1-16(2,3)22-15(21)18-9-8-10-11(13(18)14(19)20)6-5-7-12(10)17-4/h5-7,13,17H,8-9H2,1-4H3,(H,19,20). The number of carboxylic acid groups (broad SMARTS) is 1. The number of hydrogen-bond acceptors (Lipinski definition) is 4. The normalized spacial score (nSPS) is 17.6. The van der Waals surface area contributed by atoms with E-state index in [9.17, 15) is 14.7 Å². The van der Waals surface area contributed by atoms with Gasteiger partial charge in [0, 0.05) is 19.3 Å². The molecule has 2 rings (SSSR count). The molecule has 6 nitrogen and oxygen atoms in total. The van der Waals surface area contributed by atoms with Crippen LogP contribution in [0.25, 0.3) is 0 Å². The summed E-state index contributed by atoms with van der Waals surface area (Å²) in [5.41, 5.74) is 1.81. The zero-order chi connectivity index (χ0) is 16.5. The molecule has 120 valence electrons. The molecule has 0 aliphatic carbocycles. The first-order chi connectivity index (χ1) is 10.2. The Morgan fingerprint density at radius 2 is 2.05 bits per heavy atom. The number of aliphatic carboxylic acids is 1. The highest BCUT2D eigenvalue weighted by atomic mass is 16.6. The average Bonchev–Trinajstić information content (AvgIpc) is 2.43. The van der Waals surface area contributed by atoms with Crippen molar-refractivity contribution in [2.24, 2.45) is 0 Å². The molecule has 1 aromatic carbocycles. The number of carbonyl (C=O) groups is 2. The second-order valence-electron chi connectivity index (χ2n) is 6.29. The lowest BCUT2D eigenvalue weighted by Crippen LogP contribution is -2.45. The molecule has 1 aliphatic rings. The first kappa shape index (κ1) is 16.1. The summed E-state index contributed by atoms with van der Waals surface area (Å²) in [6.07, 6.45) is -0.00421. The van der Waals surface area contributed by atoms with E-state index in [-0.39, 0.29) is 0 Å². The number of amides is 1. The summed E-state index contributed by atoms with van der Waals surface area (Å²) in [6.45, 7) is 5.60. The quantitative estimate of drug-likeness (QED) is 0.878. The maximum Gasteiger partial charge on any atom is 0.411 e.